The van der Waals surface area contributed by atoms with E-state index in [0.29, 0.717) is 10.6 Å². The fourth-order valence-corrected chi connectivity index (χ4v) is 3.03. The van der Waals surface area contributed by atoms with Gasteiger partial charge in [0.05, 0.1) is 0 Å². The highest BCUT2D eigenvalue weighted by Gasteiger charge is 2.35. The lowest BCUT2D eigenvalue weighted by Gasteiger charge is -2.28. The molecule has 2 aromatic carbocycles. The number of benzene rings is 2. The number of amides is 1. The summed E-state index contributed by atoms with van der Waals surface area (Å²) in [6.07, 6.45) is -1.07. The number of thiocarbonyl (C=S) groups is 1. The first kappa shape index (κ1) is 22.1. The van der Waals surface area contributed by atoms with E-state index in [0.717, 1.165) is 16.8 Å². The van der Waals surface area contributed by atoms with Gasteiger partial charge in [0.2, 0.25) is 3.79 Å². The zero-order valence-corrected chi connectivity index (χ0v) is 18.3. The topological polar surface area (TPSA) is 53.2 Å². The van der Waals surface area contributed by atoms with Crippen LogP contribution in [0.4, 0.5) is 5.69 Å². The molecule has 0 radical (unpaired) electrons. The van der Waals surface area contributed by atoms with Crippen molar-refractivity contribution in [1.82, 2.24) is 10.6 Å². The van der Waals surface area contributed by atoms with Crippen molar-refractivity contribution in [2.24, 2.45) is 0 Å². The van der Waals surface area contributed by atoms with Crippen molar-refractivity contribution in [3.63, 3.8) is 0 Å². The summed E-state index contributed by atoms with van der Waals surface area (Å²) in [5, 5.41) is 9.09. The van der Waals surface area contributed by atoms with Crippen LogP contribution in [0.3, 0.4) is 0 Å². The molecule has 0 aliphatic heterocycles. The Hall–Kier alpha value is -1.24. The second kappa shape index (κ2) is 9.30. The minimum absolute atomic E-state index is 0.199. The Morgan fingerprint density at radius 1 is 1.07 bits per heavy atom. The molecule has 27 heavy (non-hydrogen) atoms. The van der Waals surface area contributed by atoms with E-state index in [-0.39, 0.29) is 5.11 Å². The molecule has 0 aromatic heterocycles. The number of rotatable bonds is 4. The van der Waals surface area contributed by atoms with Gasteiger partial charge >= 0.3 is 0 Å². The smallest absolute Gasteiger partial charge is 0.253 e. The van der Waals surface area contributed by atoms with E-state index < -0.39 is 15.9 Å². The SMILES string of the molecule is Cc1ccc(NC(=S)N[C@H](NC(=O)c2cccc(Cl)c2)C(Cl)(Cl)Cl)c(C)c1. The molecule has 0 fully saturated rings. The van der Waals surface area contributed by atoms with Gasteiger partial charge in [-0.25, -0.2) is 0 Å². The summed E-state index contributed by atoms with van der Waals surface area (Å²) >= 11 is 29.2. The van der Waals surface area contributed by atoms with Crippen molar-refractivity contribution in [2.45, 2.75) is 23.8 Å². The van der Waals surface area contributed by atoms with Gasteiger partial charge in [-0.05, 0) is 55.9 Å². The molecule has 144 valence electrons. The zero-order chi connectivity index (χ0) is 20.2. The lowest BCUT2D eigenvalue weighted by Crippen LogP contribution is -2.56. The zero-order valence-electron chi connectivity index (χ0n) is 14.4. The van der Waals surface area contributed by atoms with Gasteiger partial charge in [-0.1, -0.05) is 70.2 Å². The highest BCUT2D eigenvalue weighted by atomic mass is 35.6. The van der Waals surface area contributed by atoms with Gasteiger partial charge in [0.15, 0.2) is 5.11 Å². The predicted octanol–water partition coefficient (Wildman–Crippen LogP) is 5.37. The summed E-state index contributed by atoms with van der Waals surface area (Å²) in [6, 6.07) is 12.3. The molecule has 0 spiro atoms. The van der Waals surface area contributed by atoms with E-state index in [2.05, 4.69) is 16.0 Å². The van der Waals surface area contributed by atoms with Crippen LogP contribution < -0.4 is 16.0 Å². The molecule has 0 aliphatic rings. The summed E-state index contributed by atoms with van der Waals surface area (Å²) in [7, 11) is 0. The highest BCUT2D eigenvalue weighted by Crippen LogP contribution is 2.29. The summed E-state index contributed by atoms with van der Waals surface area (Å²) in [6.45, 7) is 3.95. The first-order valence-corrected chi connectivity index (χ1v) is 9.76. The summed E-state index contributed by atoms with van der Waals surface area (Å²) in [5.74, 6) is -0.462. The van der Waals surface area contributed by atoms with Gasteiger partial charge in [-0.3, -0.25) is 4.79 Å². The van der Waals surface area contributed by atoms with E-state index in [1.807, 2.05) is 32.0 Å². The van der Waals surface area contributed by atoms with E-state index in [9.17, 15) is 4.79 Å². The van der Waals surface area contributed by atoms with E-state index in [4.69, 9.17) is 58.6 Å². The Morgan fingerprint density at radius 3 is 2.37 bits per heavy atom. The second-order valence-corrected chi connectivity index (χ2v) is 9.09. The molecule has 4 nitrogen and oxygen atoms in total. The average Bonchev–Trinajstić information content (AvgIpc) is 2.56. The molecule has 0 bridgehead atoms. The predicted molar refractivity (Wildman–Crippen MR) is 118 cm³/mol. The molecule has 0 aliphatic carbocycles. The van der Waals surface area contributed by atoms with Gasteiger partial charge in [0.25, 0.3) is 5.91 Å². The van der Waals surface area contributed by atoms with E-state index in [1.165, 1.54) is 6.07 Å². The third kappa shape index (κ3) is 6.70. The number of aryl methyl sites for hydroxylation is 2. The van der Waals surface area contributed by atoms with E-state index in [1.54, 1.807) is 18.2 Å². The van der Waals surface area contributed by atoms with Gasteiger partial charge in [0.1, 0.15) is 6.17 Å². The number of hydrogen-bond acceptors (Lipinski definition) is 2. The molecule has 0 saturated heterocycles. The Morgan fingerprint density at radius 2 is 1.78 bits per heavy atom. The Kier molecular flexibility index (Phi) is 7.60. The number of anilines is 1. The Labute approximate surface area is 183 Å². The van der Waals surface area contributed by atoms with Crippen molar-refractivity contribution in [1.29, 1.82) is 0 Å². The molecule has 3 N–H and O–H groups in total. The third-order valence-electron chi connectivity index (χ3n) is 3.60. The number of carbonyl (C=O) groups excluding carboxylic acids is 1. The molecule has 0 heterocycles. The van der Waals surface area contributed by atoms with Crippen LogP contribution in [0.15, 0.2) is 42.5 Å². The van der Waals surface area contributed by atoms with Crippen LogP contribution in [0, 0.1) is 13.8 Å². The van der Waals surface area contributed by atoms with E-state index >= 15 is 0 Å². The van der Waals surface area contributed by atoms with Crippen LogP contribution in [-0.4, -0.2) is 21.0 Å². The van der Waals surface area contributed by atoms with Crippen molar-refractivity contribution < 1.29 is 4.79 Å². The quantitative estimate of drug-likeness (QED) is 0.323. The van der Waals surface area contributed by atoms with Crippen LogP contribution in [-0.2, 0) is 0 Å². The molecular formula is C18H17Cl4N3OS. The lowest BCUT2D eigenvalue weighted by atomic mass is 10.1. The fourth-order valence-electron chi connectivity index (χ4n) is 2.29. The first-order chi connectivity index (χ1) is 12.6. The molecule has 2 rings (SSSR count). The maximum atomic E-state index is 12.4. The minimum Gasteiger partial charge on any atom is -0.339 e. The minimum atomic E-state index is -1.84. The molecule has 9 heteroatoms. The maximum absolute atomic E-state index is 12.4. The molecule has 0 saturated carbocycles. The number of carbonyl (C=O) groups is 1. The molecular weight excluding hydrogens is 448 g/mol. The Balaban J connectivity index is 2.10. The van der Waals surface area contributed by atoms with Crippen LogP contribution in [0.5, 0.6) is 0 Å². The molecule has 2 aromatic rings. The maximum Gasteiger partial charge on any atom is 0.253 e. The standard InChI is InChI=1S/C18H17Cl4N3OS/c1-10-6-7-14(11(2)8-10)23-17(27)25-16(18(20,21)22)24-15(26)12-4-3-5-13(19)9-12/h3-9,16H,1-2H3,(H,24,26)(H2,23,25,27)/t16-/m0/s1. The summed E-state index contributed by atoms with van der Waals surface area (Å²) in [4.78, 5) is 12.4. The highest BCUT2D eigenvalue weighted by molar-refractivity contribution is 7.80. The van der Waals surface area contributed by atoms with Crippen LogP contribution in [0.2, 0.25) is 5.02 Å². The van der Waals surface area contributed by atoms with Crippen molar-refractivity contribution in [3.05, 3.63) is 64.2 Å². The summed E-state index contributed by atoms with van der Waals surface area (Å²) in [5.41, 5.74) is 3.27. The van der Waals surface area contributed by atoms with Crippen molar-refractivity contribution in [3.8, 4) is 0 Å². The van der Waals surface area contributed by atoms with Crippen LogP contribution >= 0.6 is 58.6 Å². The van der Waals surface area contributed by atoms with Crippen molar-refractivity contribution in [2.75, 3.05) is 5.32 Å². The van der Waals surface area contributed by atoms with Crippen LogP contribution in [0.1, 0.15) is 21.5 Å². The van der Waals surface area contributed by atoms with Gasteiger partial charge < -0.3 is 16.0 Å². The second-order valence-electron chi connectivity index (χ2n) is 5.88. The summed E-state index contributed by atoms with van der Waals surface area (Å²) < 4.78 is -1.84. The fraction of sp³-hybridized carbons (Fsp3) is 0.222. The van der Waals surface area contributed by atoms with Crippen LogP contribution in [0.25, 0.3) is 0 Å². The normalized spacial score (nSPS) is 12.2. The molecule has 0 unspecified atom stereocenters. The van der Waals surface area contributed by atoms with Crippen molar-refractivity contribution >= 4 is 75.3 Å². The van der Waals surface area contributed by atoms with Gasteiger partial charge in [-0.2, -0.15) is 0 Å². The first-order valence-electron chi connectivity index (χ1n) is 7.84. The third-order valence-corrected chi connectivity index (χ3v) is 4.70. The lowest BCUT2D eigenvalue weighted by molar-refractivity contribution is 0.0934. The number of hydrogen-bond donors (Lipinski definition) is 3. The average molecular weight is 465 g/mol. The number of halogens is 4. The van der Waals surface area contributed by atoms with Gasteiger partial charge in [0, 0.05) is 16.3 Å². The monoisotopic (exact) mass is 463 g/mol. The number of alkyl halides is 3. The molecule has 1 amide bonds. The largest absolute Gasteiger partial charge is 0.339 e. The molecule has 1 atom stereocenters. The Bertz CT molecular complexity index is 855. The number of nitrogens with one attached hydrogen (secondary N) is 3. The van der Waals surface area contributed by atoms with Gasteiger partial charge in [-0.15, -0.1) is 0 Å².